The summed E-state index contributed by atoms with van der Waals surface area (Å²) in [6.07, 6.45) is 0. The summed E-state index contributed by atoms with van der Waals surface area (Å²) in [7, 11) is 1.66. The number of hydrogen-bond donors (Lipinski definition) is 1. The van der Waals surface area contributed by atoms with Gasteiger partial charge in [-0.3, -0.25) is 4.57 Å². The lowest BCUT2D eigenvalue weighted by molar-refractivity contribution is 0.415. The molecule has 0 spiro atoms. The van der Waals surface area contributed by atoms with Gasteiger partial charge in [0.1, 0.15) is 5.75 Å². The molecule has 3 nitrogen and oxygen atoms in total. The lowest BCUT2D eigenvalue weighted by Gasteiger charge is -2.06. The van der Waals surface area contributed by atoms with Gasteiger partial charge >= 0.3 is 0 Å². The number of aromatic amines is 1. The standard InChI is InChI=1S/C14H11BrN2OS/c1-18-11-5-6-12-13(8-11)17(14(19)16-12)10-4-2-3-9(15)7-10/h2-8H,1H3,(H,16,19). The highest BCUT2D eigenvalue weighted by Crippen LogP contribution is 2.25. The van der Waals surface area contributed by atoms with E-state index in [1.54, 1.807) is 7.11 Å². The number of H-pyrrole nitrogens is 1. The second-order valence-corrected chi connectivity index (χ2v) is 5.43. The summed E-state index contributed by atoms with van der Waals surface area (Å²) in [6, 6.07) is 13.9. The van der Waals surface area contributed by atoms with Crippen molar-refractivity contribution in [1.29, 1.82) is 0 Å². The zero-order valence-corrected chi connectivity index (χ0v) is 12.6. The number of fused-ring (bicyclic) bond motifs is 1. The number of nitrogens with one attached hydrogen (secondary N) is 1. The van der Waals surface area contributed by atoms with Crippen LogP contribution >= 0.6 is 28.1 Å². The predicted octanol–water partition coefficient (Wildman–Crippen LogP) is 4.46. The third-order valence-electron chi connectivity index (χ3n) is 2.96. The first kappa shape index (κ1) is 12.4. The number of ether oxygens (including phenoxy) is 1. The van der Waals surface area contributed by atoms with E-state index in [0.717, 1.165) is 26.9 Å². The van der Waals surface area contributed by atoms with Gasteiger partial charge in [-0.25, -0.2) is 0 Å². The highest BCUT2D eigenvalue weighted by Gasteiger charge is 2.07. The van der Waals surface area contributed by atoms with E-state index in [1.165, 1.54) is 0 Å². The quantitative estimate of drug-likeness (QED) is 0.701. The van der Waals surface area contributed by atoms with Gasteiger partial charge in [-0.15, -0.1) is 0 Å². The number of rotatable bonds is 2. The number of imidazole rings is 1. The van der Waals surface area contributed by atoms with Gasteiger partial charge in [-0.05, 0) is 42.5 Å². The maximum absolute atomic E-state index is 5.41. The van der Waals surface area contributed by atoms with Crippen LogP contribution in [0.5, 0.6) is 5.75 Å². The Labute approximate surface area is 124 Å². The number of halogens is 1. The molecule has 1 N–H and O–H groups in total. The number of nitrogens with zero attached hydrogens (tertiary/aromatic N) is 1. The Kier molecular flexibility index (Phi) is 3.16. The minimum Gasteiger partial charge on any atom is -0.497 e. The second-order valence-electron chi connectivity index (χ2n) is 4.13. The molecule has 0 atom stereocenters. The highest BCUT2D eigenvalue weighted by atomic mass is 79.9. The van der Waals surface area contributed by atoms with Gasteiger partial charge in [0.15, 0.2) is 4.77 Å². The van der Waals surface area contributed by atoms with E-state index in [4.69, 9.17) is 17.0 Å². The molecule has 0 radical (unpaired) electrons. The molecule has 1 heterocycles. The zero-order chi connectivity index (χ0) is 13.4. The Bertz CT molecular complexity index is 807. The summed E-state index contributed by atoms with van der Waals surface area (Å²) in [5, 5.41) is 0. The molecule has 0 bridgehead atoms. The summed E-state index contributed by atoms with van der Waals surface area (Å²) in [5.41, 5.74) is 3.01. The first-order valence-corrected chi connectivity index (χ1v) is 6.94. The van der Waals surface area contributed by atoms with Gasteiger partial charge < -0.3 is 9.72 Å². The summed E-state index contributed by atoms with van der Waals surface area (Å²) in [5.74, 6) is 0.810. The maximum atomic E-state index is 5.41. The van der Waals surface area contributed by atoms with Crippen LogP contribution in [-0.4, -0.2) is 16.7 Å². The molecule has 0 amide bonds. The molecule has 0 aliphatic heterocycles. The van der Waals surface area contributed by atoms with Crippen molar-refractivity contribution in [3.8, 4) is 11.4 Å². The van der Waals surface area contributed by atoms with Crippen LogP contribution in [0.3, 0.4) is 0 Å². The number of benzene rings is 2. The first-order valence-electron chi connectivity index (χ1n) is 5.74. The minimum absolute atomic E-state index is 0.668. The third-order valence-corrected chi connectivity index (χ3v) is 3.73. The largest absolute Gasteiger partial charge is 0.497 e. The smallest absolute Gasteiger partial charge is 0.182 e. The molecule has 2 aromatic carbocycles. The van der Waals surface area contributed by atoms with Crippen molar-refractivity contribution in [3.63, 3.8) is 0 Å². The Balaban J connectivity index is 2.33. The molecule has 0 saturated carbocycles. The van der Waals surface area contributed by atoms with Crippen LogP contribution in [0.2, 0.25) is 0 Å². The number of aromatic nitrogens is 2. The van der Waals surface area contributed by atoms with Gasteiger partial charge in [0.25, 0.3) is 0 Å². The fraction of sp³-hybridized carbons (Fsp3) is 0.0714. The molecular formula is C14H11BrN2OS. The van der Waals surface area contributed by atoms with E-state index >= 15 is 0 Å². The van der Waals surface area contributed by atoms with Crippen molar-refractivity contribution in [2.24, 2.45) is 0 Å². The average Bonchev–Trinajstić information content (AvgIpc) is 2.73. The number of methoxy groups -OCH3 is 1. The van der Waals surface area contributed by atoms with Crippen molar-refractivity contribution in [3.05, 3.63) is 51.7 Å². The minimum atomic E-state index is 0.668. The molecule has 1 aromatic heterocycles. The van der Waals surface area contributed by atoms with Crippen molar-refractivity contribution < 1.29 is 4.74 Å². The molecule has 3 rings (SSSR count). The van der Waals surface area contributed by atoms with Gasteiger partial charge in [0, 0.05) is 16.2 Å². The fourth-order valence-corrected chi connectivity index (χ4v) is 2.78. The Hall–Kier alpha value is -1.59. The normalized spacial score (nSPS) is 10.8. The molecule has 0 saturated heterocycles. The molecule has 96 valence electrons. The summed E-state index contributed by atoms with van der Waals surface area (Å²) in [6.45, 7) is 0. The summed E-state index contributed by atoms with van der Waals surface area (Å²) < 4.78 is 8.96. The van der Waals surface area contributed by atoms with Crippen LogP contribution in [0.1, 0.15) is 0 Å². The van der Waals surface area contributed by atoms with Crippen LogP contribution < -0.4 is 4.74 Å². The van der Waals surface area contributed by atoms with Crippen LogP contribution in [-0.2, 0) is 0 Å². The Morgan fingerprint density at radius 3 is 2.79 bits per heavy atom. The Morgan fingerprint density at radius 1 is 1.21 bits per heavy atom. The monoisotopic (exact) mass is 334 g/mol. The number of hydrogen-bond acceptors (Lipinski definition) is 2. The molecular weight excluding hydrogens is 324 g/mol. The SMILES string of the molecule is COc1ccc2[nH]c(=S)n(-c3cccc(Br)c3)c2c1. The zero-order valence-electron chi connectivity index (χ0n) is 10.2. The first-order chi connectivity index (χ1) is 9.19. The lowest BCUT2D eigenvalue weighted by atomic mass is 10.2. The molecule has 0 aliphatic carbocycles. The van der Waals surface area contributed by atoms with Crippen LogP contribution in [0.15, 0.2) is 46.9 Å². The van der Waals surface area contributed by atoms with E-state index in [-0.39, 0.29) is 0 Å². The van der Waals surface area contributed by atoms with Crippen molar-refractivity contribution in [2.45, 2.75) is 0 Å². The molecule has 3 aromatic rings. The highest BCUT2D eigenvalue weighted by molar-refractivity contribution is 9.10. The van der Waals surface area contributed by atoms with Crippen molar-refractivity contribution in [1.82, 2.24) is 9.55 Å². The summed E-state index contributed by atoms with van der Waals surface area (Å²) in [4.78, 5) is 3.20. The third kappa shape index (κ3) is 2.19. The molecule has 0 aliphatic rings. The van der Waals surface area contributed by atoms with Crippen LogP contribution in [0.25, 0.3) is 16.7 Å². The van der Waals surface area contributed by atoms with E-state index in [0.29, 0.717) is 4.77 Å². The molecule has 5 heteroatoms. The van der Waals surface area contributed by atoms with Crippen molar-refractivity contribution >= 4 is 39.2 Å². The van der Waals surface area contributed by atoms with E-state index in [2.05, 4.69) is 20.9 Å². The van der Waals surface area contributed by atoms with Crippen LogP contribution in [0.4, 0.5) is 0 Å². The predicted molar refractivity (Wildman–Crippen MR) is 82.7 cm³/mol. The summed E-state index contributed by atoms with van der Waals surface area (Å²) >= 11 is 8.89. The van der Waals surface area contributed by atoms with Crippen LogP contribution in [0, 0.1) is 4.77 Å². The topological polar surface area (TPSA) is 29.9 Å². The van der Waals surface area contributed by atoms with Gasteiger partial charge in [-0.1, -0.05) is 22.0 Å². The van der Waals surface area contributed by atoms with E-state index in [9.17, 15) is 0 Å². The lowest BCUT2D eigenvalue weighted by Crippen LogP contribution is -1.94. The fourth-order valence-electron chi connectivity index (χ4n) is 2.08. The van der Waals surface area contributed by atoms with E-state index in [1.807, 2.05) is 47.0 Å². The Morgan fingerprint density at radius 2 is 2.05 bits per heavy atom. The van der Waals surface area contributed by atoms with Crippen molar-refractivity contribution in [2.75, 3.05) is 7.11 Å². The van der Waals surface area contributed by atoms with E-state index < -0.39 is 0 Å². The van der Waals surface area contributed by atoms with Gasteiger partial charge in [-0.2, -0.15) is 0 Å². The average molecular weight is 335 g/mol. The van der Waals surface area contributed by atoms with Gasteiger partial charge in [0.05, 0.1) is 18.1 Å². The molecule has 0 unspecified atom stereocenters. The molecule has 0 fully saturated rings. The van der Waals surface area contributed by atoms with Gasteiger partial charge in [0.2, 0.25) is 0 Å². The molecule has 19 heavy (non-hydrogen) atoms. The maximum Gasteiger partial charge on any atom is 0.182 e. The second kappa shape index (κ2) is 4.83.